The largest absolute Gasteiger partial charge is 0.469 e. The molecule has 8 heteroatoms. The van der Waals surface area contributed by atoms with Crippen LogP contribution in [0.1, 0.15) is 24.8 Å². The number of benzene rings is 2. The van der Waals surface area contributed by atoms with Gasteiger partial charge in [-0.2, -0.15) is 0 Å². The zero-order valence-corrected chi connectivity index (χ0v) is 20.3. The van der Waals surface area contributed by atoms with Crippen molar-refractivity contribution in [3.05, 3.63) is 60.2 Å². The molecule has 2 amide bonds. The number of rotatable bonds is 8. The van der Waals surface area contributed by atoms with E-state index in [4.69, 9.17) is 14.3 Å². The van der Waals surface area contributed by atoms with Gasteiger partial charge in [0, 0.05) is 26.6 Å². The molecule has 8 nitrogen and oxygen atoms in total. The average Bonchev–Trinajstić information content (AvgIpc) is 3.15. The lowest BCUT2D eigenvalue weighted by molar-refractivity contribution is -0.226. The van der Waals surface area contributed by atoms with Crippen LogP contribution in [0.25, 0.3) is 11.1 Å². The Kier molecular flexibility index (Phi) is 7.83. The molecule has 0 saturated carbocycles. The predicted octanol–water partition coefficient (Wildman–Crippen LogP) is 2.86. The van der Waals surface area contributed by atoms with Gasteiger partial charge in [-0.25, -0.2) is 5.06 Å². The summed E-state index contributed by atoms with van der Waals surface area (Å²) in [7, 11) is 2.89. The highest BCUT2D eigenvalue weighted by molar-refractivity contribution is 5.88. The van der Waals surface area contributed by atoms with Crippen LogP contribution in [0.5, 0.6) is 0 Å². The molecule has 2 aromatic carbocycles. The molecule has 2 saturated heterocycles. The van der Waals surface area contributed by atoms with Crippen LogP contribution < -0.4 is 0 Å². The maximum atomic E-state index is 13.1. The highest BCUT2D eigenvalue weighted by Crippen LogP contribution is 2.44. The second-order valence-electron chi connectivity index (χ2n) is 9.02. The molecule has 1 spiro atoms. The van der Waals surface area contributed by atoms with Crippen LogP contribution in [0.15, 0.2) is 54.6 Å². The second-order valence-corrected chi connectivity index (χ2v) is 9.02. The first kappa shape index (κ1) is 24.9. The van der Waals surface area contributed by atoms with Gasteiger partial charge in [0.05, 0.1) is 38.2 Å². The van der Waals surface area contributed by atoms with Crippen LogP contribution in [0.4, 0.5) is 0 Å². The molecule has 0 aromatic heterocycles. The Hall–Kier alpha value is -3.23. The number of likely N-dealkylation sites (tertiary alicyclic amines) is 1. The Morgan fingerprint density at radius 3 is 2.23 bits per heavy atom. The van der Waals surface area contributed by atoms with Crippen molar-refractivity contribution >= 4 is 17.8 Å². The zero-order valence-electron chi connectivity index (χ0n) is 20.3. The summed E-state index contributed by atoms with van der Waals surface area (Å²) >= 11 is 0. The van der Waals surface area contributed by atoms with Crippen LogP contribution >= 0.6 is 0 Å². The predicted molar refractivity (Wildman–Crippen MR) is 129 cm³/mol. The van der Waals surface area contributed by atoms with Crippen LogP contribution in [-0.2, 0) is 35.1 Å². The van der Waals surface area contributed by atoms with Gasteiger partial charge in [0.1, 0.15) is 0 Å². The van der Waals surface area contributed by atoms with Gasteiger partial charge in [-0.05, 0) is 29.5 Å². The third kappa shape index (κ3) is 5.23. The molecule has 2 aliphatic rings. The minimum Gasteiger partial charge on any atom is -0.469 e. The van der Waals surface area contributed by atoms with Crippen molar-refractivity contribution in [3.8, 4) is 11.1 Å². The fraction of sp³-hybridized carbons (Fsp3) is 0.444. The van der Waals surface area contributed by atoms with Crippen molar-refractivity contribution in [2.45, 2.75) is 31.2 Å². The van der Waals surface area contributed by atoms with E-state index in [1.807, 2.05) is 42.5 Å². The van der Waals surface area contributed by atoms with Gasteiger partial charge < -0.3 is 14.4 Å². The Balaban J connectivity index is 1.41. The van der Waals surface area contributed by atoms with E-state index in [1.165, 1.54) is 12.2 Å². The Morgan fingerprint density at radius 2 is 1.60 bits per heavy atom. The number of methoxy groups -OCH3 is 2. The molecule has 0 bridgehead atoms. The summed E-state index contributed by atoms with van der Waals surface area (Å²) in [4.78, 5) is 45.9. The van der Waals surface area contributed by atoms with E-state index < -0.39 is 17.4 Å². The molecule has 1 atom stereocenters. The van der Waals surface area contributed by atoms with Crippen molar-refractivity contribution in [2.24, 2.45) is 5.92 Å². The summed E-state index contributed by atoms with van der Waals surface area (Å²) in [6.45, 7) is 1.41. The third-order valence-electron chi connectivity index (χ3n) is 7.05. The van der Waals surface area contributed by atoms with Crippen LogP contribution in [-0.4, -0.2) is 73.8 Å². The number of hydroxylamine groups is 2. The Labute approximate surface area is 205 Å². The van der Waals surface area contributed by atoms with Gasteiger partial charge in [0.15, 0.2) is 0 Å². The van der Waals surface area contributed by atoms with Gasteiger partial charge in [0.2, 0.25) is 11.8 Å². The Bertz CT molecular complexity index is 1030. The topological polar surface area (TPSA) is 85.4 Å². The number of hydrogen-bond acceptors (Lipinski definition) is 6. The molecule has 2 aromatic rings. The number of ether oxygens (including phenoxy) is 2. The zero-order chi connectivity index (χ0) is 24.8. The smallest absolute Gasteiger partial charge is 0.311 e. The van der Waals surface area contributed by atoms with Gasteiger partial charge in [-0.1, -0.05) is 54.6 Å². The fourth-order valence-electron chi connectivity index (χ4n) is 5.12. The van der Waals surface area contributed by atoms with E-state index in [-0.39, 0.29) is 24.8 Å². The molecule has 0 radical (unpaired) electrons. The normalized spacial score (nSPS) is 19.3. The van der Waals surface area contributed by atoms with E-state index in [9.17, 15) is 14.4 Å². The monoisotopic (exact) mass is 480 g/mol. The summed E-state index contributed by atoms with van der Waals surface area (Å²) in [5.41, 5.74) is 2.37. The molecule has 2 aliphatic heterocycles. The maximum absolute atomic E-state index is 13.1. The summed E-state index contributed by atoms with van der Waals surface area (Å²) in [5, 5.41) is 1.36. The molecule has 2 fully saturated rings. The van der Waals surface area contributed by atoms with Crippen molar-refractivity contribution in [1.82, 2.24) is 9.96 Å². The van der Waals surface area contributed by atoms with E-state index in [0.29, 0.717) is 39.0 Å². The van der Waals surface area contributed by atoms with Crippen molar-refractivity contribution in [1.29, 1.82) is 0 Å². The lowest BCUT2D eigenvalue weighted by Gasteiger charge is -2.45. The molecule has 186 valence electrons. The summed E-state index contributed by atoms with van der Waals surface area (Å²) in [6, 6.07) is 18.1. The number of carbonyl (C=O) groups excluding carboxylic acids is 3. The number of nitrogens with zero attached hydrogens (tertiary/aromatic N) is 2. The van der Waals surface area contributed by atoms with Gasteiger partial charge in [-0.15, -0.1) is 0 Å². The van der Waals surface area contributed by atoms with E-state index in [2.05, 4.69) is 12.1 Å². The molecule has 0 unspecified atom stereocenters. The summed E-state index contributed by atoms with van der Waals surface area (Å²) in [6.07, 6.45) is 1.24. The first-order chi connectivity index (χ1) is 17.0. The molecule has 35 heavy (non-hydrogen) atoms. The number of carbonyl (C=O) groups is 3. The maximum Gasteiger partial charge on any atom is 0.311 e. The highest BCUT2D eigenvalue weighted by Gasteiger charge is 2.58. The van der Waals surface area contributed by atoms with Gasteiger partial charge in [-0.3, -0.25) is 19.2 Å². The summed E-state index contributed by atoms with van der Waals surface area (Å²) in [5.74, 6) is -1.26. The minimum absolute atomic E-state index is 0.0260. The van der Waals surface area contributed by atoms with E-state index in [1.54, 1.807) is 12.0 Å². The fourth-order valence-corrected chi connectivity index (χ4v) is 5.12. The van der Waals surface area contributed by atoms with Crippen LogP contribution in [0.2, 0.25) is 0 Å². The molecule has 2 heterocycles. The third-order valence-corrected chi connectivity index (χ3v) is 7.05. The SMILES string of the molecule is COCCON1C(=O)C[C@H](C(=O)OC)C12CCN(C(=O)Cc1ccc(-c3ccccc3)cc1)CC2. The molecular formula is C27H32N2O6. The highest BCUT2D eigenvalue weighted by atomic mass is 16.7. The number of amides is 2. The summed E-state index contributed by atoms with van der Waals surface area (Å²) < 4.78 is 10.0. The van der Waals surface area contributed by atoms with Crippen LogP contribution in [0.3, 0.4) is 0 Å². The first-order valence-corrected chi connectivity index (χ1v) is 11.9. The van der Waals surface area contributed by atoms with Crippen molar-refractivity contribution in [3.63, 3.8) is 0 Å². The minimum atomic E-state index is -0.813. The number of hydrogen-bond donors (Lipinski definition) is 0. The quantitative estimate of drug-likeness (QED) is 0.427. The number of esters is 1. The molecule has 0 aliphatic carbocycles. The van der Waals surface area contributed by atoms with Crippen molar-refractivity contribution in [2.75, 3.05) is 40.5 Å². The van der Waals surface area contributed by atoms with Gasteiger partial charge in [0.25, 0.3) is 0 Å². The van der Waals surface area contributed by atoms with Gasteiger partial charge >= 0.3 is 5.97 Å². The lowest BCUT2D eigenvalue weighted by atomic mass is 9.77. The van der Waals surface area contributed by atoms with Crippen LogP contribution in [0, 0.1) is 5.92 Å². The second kappa shape index (κ2) is 11.0. The molecule has 4 rings (SSSR count). The first-order valence-electron chi connectivity index (χ1n) is 11.9. The van der Waals surface area contributed by atoms with E-state index in [0.717, 1.165) is 16.7 Å². The standard InChI is InChI=1S/C27H32N2O6/c1-33-16-17-35-29-25(31)19-23(26(32)34-2)27(29)12-14-28(15-13-27)24(30)18-20-8-10-22(11-9-20)21-6-4-3-5-7-21/h3-11,23H,12-19H2,1-2H3/t23-/m1/s1. The Morgan fingerprint density at radius 1 is 0.943 bits per heavy atom. The molecular weight excluding hydrogens is 448 g/mol. The van der Waals surface area contributed by atoms with Crippen molar-refractivity contribution < 1.29 is 28.7 Å². The number of piperidine rings is 1. The van der Waals surface area contributed by atoms with E-state index >= 15 is 0 Å². The lowest BCUT2D eigenvalue weighted by Crippen LogP contribution is -2.58. The molecule has 0 N–H and O–H groups in total. The average molecular weight is 481 g/mol.